The molecule has 28 heteroatoms. The number of amides is 12. The van der Waals surface area contributed by atoms with Gasteiger partial charge in [0.25, 0.3) is 0 Å². The fourth-order valence-corrected chi connectivity index (χ4v) is 17.6. The van der Waals surface area contributed by atoms with Crippen molar-refractivity contribution in [3.05, 3.63) is 0 Å². The first-order valence-electron chi connectivity index (χ1n) is 37.8. The lowest BCUT2D eigenvalue weighted by Gasteiger charge is -2.43. The van der Waals surface area contributed by atoms with Crippen LogP contribution in [0.3, 0.4) is 0 Å². The number of nitrogens with zero attached hydrogens (tertiary/aromatic N) is 9. The Morgan fingerprint density at radius 3 is 1.73 bits per heavy atom. The van der Waals surface area contributed by atoms with Gasteiger partial charge in [-0.25, -0.2) is 0 Å². The SMILES string of the molecule is CC(C)C[C@H]1C(=O)N[C@@H](CC2CC2)C(=O)N(C)CC(=O)N(C)CC(=O)N(C)[C@@H](CC2CCCCC2)C(=O)N(C)CC(=O)N[C@@H](CCC2CCC(C(F)(F)F)C(Cl)C2)C(=O)N2CCC[C@H]2C(=O)NC2(CCCC2)C(=O)N(C)[C@@H](C2CCCCC2)C(=O)N(C)[C@H](C(=O)N2CCCCC2)CC(=O)N1C. The van der Waals surface area contributed by atoms with E-state index in [9.17, 15) is 41.9 Å². The molecule has 0 aromatic rings. The van der Waals surface area contributed by atoms with Crippen LogP contribution in [0.25, 0.3) is 0 Å². The van der Waals surface area contributed by atoms with Crippen LogP contribution in [-0.4, -0.2) is 263 Å². The summed E-state index contributed by atoms with van der Waals surface area (Å²) in [6, 6.07) is -8.39. The number of nitrogens with one attached hydrogen (secondary N) is 3. The van der Waals surface area contributed by atoms with E-state index in [1.54, 1.807) is 11.9 Å². The molecule has 8 rings (SSSR count). The molecule has 3 N–H and O–H groups in total. The van der Waals surface area contributed by atoms with Crippen LogP contribution in [0.2, 0.25) is 0 Å². The van der Waals surface area contributed by atoms with Gasteiger partial charge < -0.3 is 60.0 Å². The molecule has 10 atom stereocenters. The molecule has 3 heterocycles. The highest BCUT2D eigenvalue weighted by molar-refractivity contribution is 6.21. The monoisotopic (exact) mass is 1440 g/mol. The van der Waals surface area contributed by atoms with Gasteiger partial charge in [0.1, 0.15) is 47.8 Å². The van der Waals surface area contributed by atoms with Crippen LogP contribution in [-0.2, 0) is 57.5 Å². The van der Waals surface area contributed by atoms with E-state index in [-0.39, 0.29) is 107 Å². The Bertz CT molecular complexity index is 2950. The van der Waals surface area contributed by atoms with E-state index in [1.807, 2.05) is 13.8 Å². The summed E-state index contributed by atoms with van der Waals surface area (Å²) in [4.78, 5) is 192. The molecular weight excluding hydrogens is 1330 g/mol. The van der Waals surface area contributed by atoms with Gasteiger partial charge in [0.05, 0.1) is 32.0 Å². The third-order valence-corrected chi connectivity index (χ3v) is 24.0. The van der Waals surface area contributed by atoms with Crippen LogP contribution in [0.5, 0.6) is 0 Å². The fraction of sp³-hybridized carbons (Fsp3) is 0.836. The zero-order valence-corrected chi connectivity index (χ0v) is 62.2. The van der Waals surface area contributed by atoms with E-state index in [4.69, 9.17) is 11.6 Å². The molecule has 12 amide bonds. The highest BCUT2D eigenvalue weighted by atomic mass is 35.5. The van der Waals surface area contributed by atoms with Crippen molar-refractivity contribution in [1.82, 2.24) is 60.0 Å². The molecule has 101 heavy (non-hydrogen) atoms. The Hall–Kier alpha value is -6.28. The summed E-state index contributed by atoms with van der Waals surface area (Å²) in [6.07, 6.45) is 9.54. The van der Waals surface area contributed by atoms with Crippen LogP contribution in [0.4, 0.5) is 13.2 Å². The Kier molecular flexibility index (Phi) is 28.6. The second kappa shape index (κ2) is 35.9. The van der Waals surface area contributed by atoms with Gasteiger partial charge in [-0.1, -0.05) is 90.9 Å². The average molecular weight is 1450 g/mol. The van der Waals surface area contributed by atoms with Crippen molar-refractivity contribution in [1.29, 1.82) is 0 Å². The van der Waals surface area contributed by atoms with Gasteiger partial charge in [-0.15, -0.1) is 11.6 Å². The number of rotatable bonds is 11. The lowest BCUT2D eigenvalue weighted by Crippen LogP contribution is -2.65. The molecule has 5 saturated carbocycles. The summed E-state index contributed by atoms with van der Waals surface area (Å²) >= 11 is 6.41. The van der Waals surface area contributed by atoms with Gasteiger partial charge in [0.15, 0.2) is 0 Å². The number of carbonyl (C=O) groups excluding carboxylic acids is 12. The molecule has 3 saturated heterocycles. The molecule has 1 spiro atoms. The van der Waals surface area contributed by atoms with E-state index in [2.05, 4.69) is 16.0 Å². The fourth-order valence-electron chi connectivity index (χ4n) is 17.1. The predicted molar refractivity (Wildman–Crippen MR) is 372 cm³/mol. The van der Waals surface area contributed by atoms with Crippen molar-refractivity contribution >= 4 is 82.5 Å². The number of alkyl halides is 4. The van der Waals surface area contributed by atoms with E-state index >= 15 is 28.8 Å². The van der Waals surface area contributed by atoms with Crippen LogP contribution in [0.1, 0.15) is 206 Å². The molecule has 3 unspecified atom stereocenters. The first-order chi connectivity index (χ1) is 47.8. The molecule has 8 aliphatic rings. The lowest BCUT2D eigenvalue weighted by molar-refractivity contribution is -0.182. The number of fused-ring (bicyclic) bond motifs is 1. The Labute approximate surface area is 600 Å². The molecule has 24 nitrogen and oxygen atoms in total. The normalized spacial score (nSPS) is 30.4. The minimum Gasteiger partial charge on any atom is -0.343 e. The van der Waals surface area contributed by atoms with E-state index in [1.165, 1.54) is 76.6 Å². The van der Waals surface area contributed by atoms with Gasteiger partial charge in [-0.05, 0) is 139 Å². The smallest absolute Gasteiger partial charge is 0.343 e. The number of hydrogen-bond acceptors (Lipinski definition) is 12. The van der Waals surface area contributed by atoms with E-state index < -0.39 is 162 Å². The average Bonchev–Trinajstić information content (AvgIpc) is 1.75. The number of carbonyl (C=O) groups is 12. The van der Waals surface area contributed by atoms with Crippen molar-refractivity contribution in [3.8, 4) is 0 Å². The minimum absolute atomic E-state index is 0.00506. The number of likely N-dealkylation sites (tertiary alicyclic amines) is 1. The topological polar surface area (TPSA) is 270 Å². The van der Waals surface area contributed by atoms with Gasteiger partial charge in [-0.3, -0.25) is 57.5 Å². The molecule has 568 valence electrons. The van der Waals surface area contributed by atoms with E-state index in [0.717, 1.165) is 75.5 Å². The molecule has 0 aromatic carbocycles. The zero-order chi connectivity index (χ0) is 73.8. The maximum atomic E-state index is 15.8. The molecule has 0 bridgehead atoms. The molecule has 8 fully saturated rings. The minimum atomic E-state index is -4.50. The van der Waals surface area contributed by atoms with Crippen LogP contribution in [0, 0.1) is 35.5 Å². The summed E-state index contributed by atoms with van der Waals surface area (Å²) in [5.74, 6) is -9.73. The van der Waals surface area contributed by atoms with Gasteiger partial charge in [-0.2, -0.15) is 13.2 Å². The Balaban J connectivity index is 1.15. The zero-order valence-electron chi connectivity index (χ0n) is 61.5. The van der Waals surface area contributed by atoms with Crippen LogP contribution in [0.15, 0.2) is 0 Å². The summed E-state index contributed by atoms with van der Waals surface area (Å²) in [5, 5.41) is 7.68. The lowest BCUT2D eigenvalue weighted by atomic mass is 9.78. The number of halogens is 4. The van der Waals surface area contributed by atoms with Crippen molar-refractivity contribution < 1.29 is 70.7 Å². The van der Waals surface area contributed by atoms with E-state index in [0.29, 0.717) is 58.0 Å². The molecule has 0 radical (unpaired) electrons. The third-order valence-electron chi connectivity index (χ3n) is 23.6. The molecule has 3 aliphatic heterocycles. The Morgan fingerprint density at radius 2 is 1.12 bits per heavy atom. The standard InChI is InChI=1S/C73H116ClF3N12O12/c1-46(2)38-56-64(94)79-54(40-49-27-28-49)66(96)83(5)44-61(92)81(3)45-62(93)85(7)57(41-47-22-13-10-14-23-47)68(98)82(4)43-59(90)78-53(32-30-48-29-31-51(52(74)39-48)73(75,76)77)67(97)89-37-21-26-55(89)65(95)80-72(33-17-18-34-72)71(101)87(9)63(50-24-15-11-16-25-50)70(100)86(8)58(42-60(91)84(56)6)69(99)88-35-19-12-20-36-88/h46-58,63H,10-45H2,1-9H3,(H,78,90)(H,79,94)(H,80,95)/t48?,51?,52?,53-,54-,55-,56-,57-,58-,63-/m0/s1. The van der Waals surface area contributed by atoms with Crippen molar-refractivity contribution in [2.24, 2.45) is 35.5 Å². The van der Waals surface area contributed by atoms with Gasteiger partial charge >= 0.3 is 6.18 Å². The number of piperidine rings is 1. The summed E-state index contributed by atoms with van der Waals surface area (Å²) < 4.78 is 42.1. The van der Waals surface area contributed by atoms with Crippen LogP contribution >= 0.6 is 11.6 Å². The van der Waals surface area contributed by atoms with Gasteiger partial charge in [0.2, 0.25) is 70.9 Å². The molecule has 0 aromatic heterocycles. The van der Waals surface area contributed by atoms with Crippen molar-refractivity contribution in [3.63, 3.8) is 0 Å². The third kappa shape index (κ3) is 20.8. The summed E-state index contributed by atoms with van der Waals surface area (Å²) in [6.45, 7) is 3.05. The molecular formula is C73H116ClF3N12O12. The molecule has 5 aliphatic carbocycles. The number of likely N-dealkylation sites (N-methyl/N-ethyl adjacent to an activating group) is 7. The largest absolute Gasteiger partial charge is 0.393 e. The van der Waals surface area contributed by atoms with Crippen LogP contribution < -0.4 is 16.0 Å². The maximum Gasteiger partial charge on any atom is 0.393 e. The van der Waals surface area contributed by atoms with Gasteiger partial charge in [0, 0.05) is 74.3 Å². The highest BCUT2D eigenvalue weighted by Gasteiger charge is 2.52. The second-order valence-electron chi connectivity index (χ2n) is 31.6. The number of hydrogen-bond donors (Lipinski definition) is 3. The predicted octanol–water partition coefficient (Wildman–Crippen LogP) is 6.24. The van der Waals surface area contributed by atoms with Crippen molar-refractivity contribution in [2.45, 2.75) is 266 Å². The quantitative estimate of drug-likeness (QED) is 0.194. The van der Waals surface area contributed by atoms with Crippen molar-refractivity contribution in [2.75, 3.05) is 88.6 Å². The highest BCUT2D eigenvalue weighted by Crippen LogP contribution is 2.44. The Morgan fingerprint density at radius 1 is 0.535 bits per heavy atom. The first-order valence-corrected chi connectivity index (χ1v) is 38.2. The second-order valence-corrected chi connectivity index (χ2v) is 32.2. The summed E-state index contributed by atoms with van der Waals surface area (Å²) in [5.41, 5.74) is -1.55. The maximum absolute atomic E-state index is 15.8. The first kappa shape index (κ1) is 80.4. The summed E-state index contributed by atoms with van der Waals surface area (Å²) in [7, 11) is 10.2.